The Labute approximate surface area is 96.8 Å². The number of aliphatic hydroxyl groups excluding tert-OH is 1. The SMILES string of the molecule is OCc1ccc2c(c1)Nc1ncncc1S2. The quantitative estimate of drug-likeness (QED) is 0.672. The second-order valence-corrected chi connectivity index (χ2v) is 4.54. The van der Waals surface area contributed by atoms with E-state index >= 15 is 0 Å². The first-order valence-corrected chi connectivity index (χ1v) is 5.67. The zero-order valence-electron chi connectivity index (χ0n) is 8.34. The van der Waals surface area contributed by atoms with Gasteiger partial charge in [-0.15, -0.1) is 0 Å². The van der Waals surface area contributed by atoms with Crippen LogP contribution in [-0.4, -0.2) is 15.1 Å². The molecule has 0 bridgehead atoms. The number of nitrogens with one attached hydrogen (secondary N) is 1. The molecule has 3 rings (SSSR count). The molecule has 4 nitrogen and oxygen atoms in total. The molecule has 16 heavy (non-hydrogen) atoms. The molecule has 0 amide bonds. The summed E-state index contributed by atoms with van der Waals surface area (Å²) in [5.41, 5.74) is 1.88. The normalized spacial score (nSPS) is 12.6. The van der Waals surface area contributed by atoms with Gasteiger partial charge in [-0.25, -0.2) is 9.97 Å². The molecule has 2 aromatic rings. The number of hydrogen-bond acceptors (Lipinski definition) is 5. The number of rotatable bonds is 1. The Morgan fingerprint density at radius 3 is 3.12 bits per heavy atom. The van der Waals surface area contributed by atoms with Gasteiger partial charge in [-0.05, 0) is 17.7 Å². The number of aliphatic hydroxyl groups is 1. The van der Waals surface area contributed by atoms with Crippen molar-refractivity contribution >= 4 is 23.3 Å². The van der Waals surface area contributed by atoms with Crippen LogP contribution in [-0.2, 0) is 6.61 Å². The van der Waals surface area contributed by atoms with Crippen molar-refractivity contribution in [2.75, 3.05) is 5.32 Å². The lowest BCUT2D eigenvalue weighted by atomic mass is 10.2. The zero-order chi connectivity index (χ0) is 11.0. The summed E-state index contributed by atoms with van der Waals surface area (Å²) in [6.07, 6.45) is 3.32. The Morgan fingerprint density at radius 2 is 2.25 bits per heavy atom. The summed E-state index contributed by atoms with van der Waals surface area (Å²) in [6.45, 7) is 0.0518. The number of hydrogen-bond donors (Lipinski definition) is 2. The molecule has 2 N–H and O–H groups in total. The highest BCUT2D eigenvalue weighted by Crippen LogP contribution is 2.42. The van der Waals surface area contributed by atoms with Crippen molar-refractivity contribution in [1.29, 1.82) is 0 Å². The molecule has 2 heterocycles. The van der Waals surface area contributed by atoms with Gasteiger partial charge in [-0.3, -0.25) is 0 Å². The summed E-state index contributed by atoms with van der Waals surface area (Å²) in [7, 11) is 0. The fraction of sp³-hybridized carbons (Fsp3) is 0.0909. The van der Waals surface area contributed by atoms with E-state index in [4.69, 9.17) is 5.11 Å². The summed E-state index contributed by atoms with van der Waals surface area (Å²) in [5.74, 6) is 0.822. The molecule has 0 saturated heterocycles. The van der Waals surface area contributed by atoms with Crippen LogP contribution in [0.25, 0.3) is 0 Å². The van der Waals surface area contributed by atoms with E-state index in [1.165, 1.54) is 6.33 Å². The predicted octanol–water partition coefficient (Wildman–Crippen LogP) is 2.18. The fourth-order valence-electron chi connectivity index (χ4n) is 1.59. The van der Waals surface area contributed by atoms with Gasteiger partial charge in [-0.2, -0.15) is 0 Å². The Kier molecular flexibility index (Phi) is 2.27. The molecule has 1 aliphatic heterocycles. The van der Waals surface area contributed by atoms with E-state index in [-0.39, 0.29) is 6.61 Å². The van der Waals surface area contributed by atoms with Gasteiger partial charge >= 0.3 is 0 Å². The molecule has 0 atom stereocenters. The van der Waals surface area contributed by atoms with E-state index in [1.807, 2.05) is 18.2 Å². The molecule has 1 aromatic heterocycles. The summed E-state index contributed by atoms with van der Waals surface area (Å²) in [4.78, 5) is 10.3. The molecule has 0 radical (unpaired) electrons. The van der Waals surface area contributed by atoms with E-state index in [2.05, 4.69) is 15.3 Å². The predicted molar refractivity (Wildman–Crippen MR) is 61.8 cm³/mol. The van der Waals surface area contributed by atoms with Gasteiger partial charge in [0.25, 0.3) is 0 Å². The van der Waals surface area contributed by atoms with Crippen molar-refractivity contribution in [1.82, 2.24) is 9.97 Å². The van der Waals surface area contributed by atoms with Crippen LogP contribution in [0.15, 0.2) is 40.5 Å². The monoisotopic (exact) mass is 231 g/mol. The molecule has 0 saturated carbocycles. The van der Waals surface area contributed by atoms with Crippen LogP contribution in [0.2, 0.25) is 0 Å². The van der Waals surface area contributed by atoms with E-state index in [0.717, 1.165) is 26.9 Å². The lowest BCUT2D eigenvalue weighted by Crippen LogP contribution is -2.03. The number of aromatic nitrogens is 2. The van der Waals surface area contributed by atoms with Gasteiger partial charge in [0.1, 0.15) is 12.1 Å². The zero-order valence-corrected chi connectivity index (χ0v) is 9.16. The summed E-state index contributed by atoms with van der Waals surface area (Å²) < 4.78 is 0. The molecule has 0 aliphatic carbocycles. The first-order valence-electron chi connectivity index (χ1n) is 4.85. The highest BCUT2D eigenvalue weighted by molar-refractivity contribution is 7.99. The van der Waals surface area contributed by atoms with Crippen LogP contribution < -0.4 is 5.32 Å². The van der Waals surface area contributed by atoms with Crippen molar-refractivity contribution in [2.45, 2.75) is 16.4 Å². The summed E-state index contributed by atoms with van der Waals surface area (Å²) in [6, 6.07) is 5.85. The van der Waals surface area contributed by atoms with E-state index in [1.54, 1.807) is 18.0 Å². The number of benzene rings is 1. The molecule has 1 aliphatic rings. The Morgan fingerprint density at radius 1 is 1.31 bits per heavy atom. The molecule has 0 spiro atoms. The van der Waals surface area contributed by atoms with Crippen molar-refractivity contribution in [3.05, 3.63) is 36.3 Å². The Bertz CT molecular complexity index is 545. The standard InChI is InChI=1S/C11H9N3OS/c15-5-7-1-2-9-8(3-7)14-11-10(16-9)4-12-6-13-11/h1-4,6,15H,5H2,(H,12,13,14). The number of anilines is 2. The molecular formula is C11H9N3OS. The number of nitrogens with zero attached hydrogens (tertiary/aromatic N) is 2. The highest BCUT2D eigenvalue weighted by atomic mass is 32.2. The van der Waals surface area contributed by atoms with Gasteiger partial charge in [0, 0.05) is 11.1 Å². The third-order valence-corrected chi connectivity index (χ3v) is 3.47. The first-order chi connectivity index (χ1) is 7.86. The van der Waals surface area contributed by atoms with Gasteiger partial charge in [0.2, 0.25) is 0 Å². The minimum Gasteiger partial charge on any atom is -0.392 e. The van der Waals surface area contributed by atoms with Gasteiger partial charge in [-0.1, -0.05) is 17.8 Å². The maximum atomic E-state index is 9.07. The molecule has 5 heteroatoms. The lowest BCUT2D eigenvalue weighted by Gasteiger charge is -2.19. The molecular weight excluding hydrogens is 222 g/mol. The van der Waals surface area contributed by atoms with Crippen molar-refractivity contribution in [3.8, 4) is 0 Å². The second-order valence-electron chi connectivity index (χ2n) is 3.45. The smallest absolute Gasteiger partial charge is 0.147 e. The number of fused-ring (bicyclic) bond motifs is 2. The topological polar surface area (TPSA) is 58.0 Å². The lowest BCUT2D eigenvalue weighted by molar-refractivity contribution is 0.282. The van der Waals surface area contributed by atoms with Gasteiger partial charge in [0.05, 0.1) is 17.2 Å². The third kappa shape index (κ3) is 1.54. The van der Waals surface area contributed by atoms with Crippen LogP contribution >= 0.6 is 11.8 Å². The van der Waals surface area contributed by atoms with Crippen LogP contribution in [0.1, 0.15) is 5.56 Å². The van der Waals surface area contributed by atoms with Crippen LogP contribution in [0.5, 0.6) is 0 Å². The average Bonchev–Trinajstić information content (AvgIpc) is 2.35. The molecule has 80 valence electrons. The maximum Gasteiger partial charge on any atom is 0.147 e. The van der Waals surface area contributed by atoms with E-state index in [0.29, 0.717) is 0 Å². The largest absolute Gasteiger partial charge is 0.392 e. The van der Waals surface area contributed by atoms with E-state index in [9.17, 15) is 0 Å². The second kappa shape index (κ2) is 3.77. The average molecular weight is 231 g/mol. The van der Waals surface area contributed by atoms with Gasteiger partial charge < -0.3 is 10.4 Å². The van der Waals surface area contributed by atoms with Crippen molar-refractivity contribution in [3.63, 3.8) is 0 Å². The van der Waals surface area contributed by atoms with Gasteiger partial charge in [0.15, 0.2) is 0 Å². The van der Waals surface area contributed by atoms with Crippen LogP contribution in [0, 0.1) is 0 Å². The first kappa shape index (κ1) is 9.62. The molecule has 1 aromatic carbocycles. The Hall–Kier alpha value is -1.59. The third-order valence-electron chi connectivity index (χ3n) is 2.38. The summed E-state index contributed by atoms with van der Waals surface area (Å²) in [5, 5.41) is 12.3. The molecule has 0 unspecified atom stereocenters. The van der Waals surface area contributed by atoms with Crippen LogP contribution in [0.3, 0.4) is 0 Å². The fourth-order valence-corrected chi connectivity index (χ4v) is 2.50. The minimum absolute atomic E-state index is 0.0518. The Balaban J connectivity index is 2.05. The van der Waals surface area contributed by atoms with Crippen molar-refractivity contribution < 1.29 is 5.11 Å². The maximum absolute atomic E-state index is 9.07. The summed E-state index contributed by atoms with van der Waals surface area (Å²) >= 11 is 1.63. The van der Waals surface area contributed by atoms with Crippen LogP contribution in [0.4, 0.5) is 11.5 Å². The highest BCUT2D eigenvalue weighted by Gasteiger charge is 2.16. The molecule has 0 fully saturated rings. The van der Waals surface area contributed by atoms with E-state index < -0.39 is 0 Å². The van der Waals surface area contributed by atoms with Crippen molar-refractivity contribution in [2.24, 2.45) is 0 Å². The minimum atomic E-state index is 0.0518.